The van der Waals surface area contributed by atoms with E-state index in [1.54, 1.807) is 56.3 Å². The van der Waals surface area contributed by atoms with E-state index in [0.29, 0.717) is 16.8 Å². The standard InChI is InChI=1S/C23H28N6O3S/c1-23(2,15-25-28-24)22(30)26-16-11-13-17(14-12-16)27-33(31,32)21-10-6-7-18-19(21)8-5-9-20(18)29(3)4/h5-14,27H,15H2,1-4H3,(H2,24,25)(H,26,30). The topological polar surface area (TPSA) is 129 Å². The molecule has 0 aliphatic heterocycles. The molecule has 0 saturated heterocycles. The van der Waals surface area contributed by atoms with Crippen molar-refractivity contribution in [3.05, 3.63) is 60.7 Å². The molecule has 9 nitrogen and oxygen atoms in total. The number of nitrogens with two attached hydrogens (primary N) is 1. The second-order valence-corrected chi connectivity index (χ2v) is 10.1. The third-order valence-corrected chi connectivity index (χ3v) is 6.63. The molecule has 0 saturated carbocycles. The largest absolute Gasteiger partial charge is 0.377 e. The summed E-state index contributed by atoms with van der Waals surface area (Å²) in [6, 6.07) is 17.2. The maximum atomic E-state index is 13.2. The van der Waals surface area contributed by atoms with Crippen LogP contribution >= 0.6 is 0 Å². The molecular formula is C23H28N6O3S. The molecule has 0 heterocycles. The van der Waals surface area contributed by atoms with Gasteiger partial charge in [0, 0.05) is 41.9 Å². The summed E-state index contributed by atoms with van der Waals surface area (Å²) in [6.45, 7) is 3.60. The molecule has 0 aromatic heterocycles. The van der Waals surface area contributed by atoms with Gasteiger partial charge in [-0.05, 0) is 50.2 Å². The molecule has 0 fully saturated rings. The molecule has 10 heteroatoms. The van der Waals surface area contributed by atoms with Gasteiger partial charge in [-0.1, -0.05) is 29.5 Å². The van der Waals surface area contributed by atoms with Crippen LogP contribution in [0.2, 0.25) is 0 Å². The molecule has 0 radical (unpaired) electrons. The number of nitrogens with one attached hydrogen (secondary N) is 2. The highest BCUT2D eigenvalue weighted by Crippen LogP contribution is 2.31. The zero-order valence-electron chi connectivity index (χ0n) is 19.0. The van der Waals surface area contributed by atoms with Gasteiger partial charge in [0.05, 0.1) is 16.9 Å². The van der Waals surface area contributed by atoms with Crippen molar-refractivity contribution in [1.82, 2.24) is 0 Å². The first-order chi connectivity index (χ1) is 15.5. The number of amides is 1. The Morgan fingerprint density at radius 1 is 0.970 bits per heavy atom. The lowest BCUT2D eigenvalue weighted by Gasteiger charge is -2.20. The van der Waals surface area contributed by atoms with E-state index in [1.807, 2.05) is 37.2 Å². The molecule has 3 rings (SSSR count). The van der Waals surface area contributed by atoms with E-state index in [4.69, 9.17) is 5.84 Å². The average molecular weight is 469 g/mol. The van der Waals surface area contributed by atoms with E-state index in [0.717, 1.165) is 11.1 Å². The van der Waals surface area contributed by atoms with Gasteiger partial charge in [-0.3, -0.25) is 9.52 Å². The van der Waals surface area contributed by atoms with Crippen molar-refractivity contribution in [3.63, 3.8) is 0 Å². The fourth-order valence-corrected chi connectivity index (χ4v) is 4.59. The van der Waals surface area contributed by atoms with Crippen molar-refractivity contribution in [3.8, 4) is 0 Å². The van der Waals surface area contributed by atoms with Gasteiger partial charge in [0.25, 0.3) is 10.0 Å². The molecule has 0 unspecified atom stereocenters. The Labute approximate surface area is 193 Å². The zero-order chi connectivity index (χ0) is 24.2. The Bertz CT molecular complexity index is 1290. The minimum absolute atomic E-state index is 0.147. The van der Waals surface area contributed by atoms with Crippen LogP contribution in [0.5, 0.6) is 0 Å². The Morgan fingerprint density at radius 3 is 2.21 bits per heavy atom. The second-order valence-electron chi connectivity index (χ2n) is 8.46. The Hall–Kier alpha value is -3.66. The number of hydrogen-bond acceptors (Lipinski definition) is 6. The molecule has 0 aliphatic carbocycles. The Morgan fingerprint density at radius 2 is 1.58 bits per heavy atom. The molecule has 0 atom stereocenters. The van der Waals surface area contributed by atoms with Crippen LogP contribution < -0.4 is 20.8 Å². The van der Waals surface area contributed by atoms with Gasteiger partial charge in [0.2, 0.25) is 5.91 Å². The van der Waals surface area contributed by atoms with Crippen molar-refractivity contribution in [2.45, 2.75) is 18.7 Å². The van der Waals surface area contributed by atoms with Crippen molar-refractivity contribution in [1.29, 1.82) is 0 Å². The smallest absolute Gasteiger partial charge is 0.262 e. The van der Waals surface area contributed by atoms with Crippen molar-refractivity contribution in [2.75, 3.05) is 35.6 Å². The van der Waals surface area contributed by atoms with Crippen LogP contribution in [0.3, 0.4) is 0 Å². The van der Waals surface area contributed by atoms with Gasteiger partial charge < -0.3 is 16.1 Å². The number of hydrogen-bond donors (Lipinski definition) is 3. The van der Waals surface area contributed by atoms with E-state index in [-0.39, 0.29) is 17.3 Å². The lowest BCUT2D eigenvalue weighted by molar-refractivity contribution is -0.123. The summed E-state index contributed by atoms with van der Waals surface area (Å²) in [6.07, 6.45) is 0. The third kappa shape index (κ3) is 5.40. The lowest BCUT2D eigenvalue weighted by atomic mass is 9.92. The molecule has 0 spiro atoms. The molecule has 3 aromatic carbocycles. The highest BCUT2D eigenvalue weighted by atomic mass is 32.2. The minimum atomic E-state index is -3.84. The molecule has 174 valence electrons. The summed E-state index contributed by atoms with van der Waals surface area (Å²) in [5.41, 5.74) is 1.04. The van der Waals surface area contributed by atoms with E-state index in [9.17, 15) is 13.2 Å². The predicted octanol–water partition coefficient (Wildman–Crippen LogP) is 4.00. The van der Waals surface area contributed by atoms with Crippen LogP contribution in [-0.4, -0.2) is 35.0 Å². The Kier molecular flexibility index (Phi) is 6.87. The van der Waals surface area contributed by atoms with Crippen molar-refractivity contribution < 1.29 is 13.2 Å². The summed E-state index contributed by atoms with van der Waals surface area (Å²) in [7, 11) is -0.0130. The van der Waals surface area contributed by atoms with Crippen LogP contribution in [-0.2, 0) is 14.8 Å². The van der Waals surface area contributed by atoms with Gasteiger partial charge in [-0.15, -0.1) is 0 Å². The number of fused-ring (bicyclic) bond motifs is 1. The van der Waals surface area contributed by atoms with Crippen LogP contribution in [0.15, 0.2) is 75.9 Å². The summed E-state index contributed by atoms with van der Waals surface area (Å²) in [4.78, 5) is 14.6. The first-order valence-electron chi connectivity index (χ1n) is 10.3. The third-order valence-electron chi connectivity index (χ3n) is 5.19. The maximum Gasteiger partial charge on any atom is 0.262 e. The maximum absolute atomic E-state index is 13.2. The normalized spacial score (nSPS) is 12.1. The lowest BCUT2D eigenvalue weighted by Crippen LogP contribution is -2.33. The number of rotatable bonds is 8. The van der Waals surface area contributed by atoms with Gasteiger partial charge in [-0.25, -0.2) is 8.42 Å². The molecule has 4 N–H and O–H groups in total. The van der Waals surface area contributed by atoms with E-state index >= 15 is 0 Å². The van der Waals surface area contributed by atoms with Crippen molar-refractivity contribution >= 4 is 43.8 Å². The number of benzene rings is 3. The van der Waals surface area contributed by atoms with Gasteiger partial charge in [0.1, 0.15) is 0 Å². The summed E-state index contributed by atoms with van der Waals surface area (Å²) >= 11 is 0. The highest BCUT2D eigenvalue weighted by Gasteiger charge is 2.27. The molecular weight excluding hydrogens is 440 g/mol. The van der Waals surface area contributed by atoms with Crippen LogP contribution in [0.1, 0.15) is 13.8 Å². The first-order valence-corrected chi connectivity index (χ1v) is 11.7. The summed E-state index contributed by atoms with van der Waals surface area (Å²) in [5, 5.41) is 11.2. The fourth-order valence-electron chi connectivity index (χ4n) is 3.31. The monoisotopic (exact) mass is 468 g/mol. The second kappa shape index (κ2) is 9.45. The van der Waals surface area contributed by atoms with Gasteiger partial charge >= 0.3 is 0 Å². The van der Waals surface area contributed by atoms with Gasteiger partial charge in [0.15, 0.2) is 0 Å². The number of nitrogens with zero attached hydrogens (tertiary/aromatic N) is 3. The minimum Gasteiger partial charge on any atom is -0.377 e. The summed E-state index contributed by atoms with van der Waals surface area (Å²) in [5.74, 6) is 4.76. The Balaban J connectivity index is 1.82. The fraction of sp³-hybridized carbons (Fsp3) is 0.261. The van der Waals surface area contributed by atoms with Gasteiger partial charge in [-0.2, -0.15) is 5.11 Å². The van der Waals surface area contributed by atoms with Crippen LogP contribution in [0.4, 0.5) is 17.1 Å². The average Bonchev–Trinajstić information content (AvgIpc) is 2.77. The highest BCUT2D eigenvalue weighted by molar-refractivity contribution is 7.93. The molecule has 3 aromatic rings. The number of sulfonamides is 1. The van der Waals surface area contributed by atoms with Crippen LogP contribution in [0, 0.1) is 5.41 Å². The van der Waals surface area contributed by atoms with E-state index in [2.05, 4.69) is 20.4 Å². The van der Waals surface area contributed by atoms with Crippen LogP contribution in [0.25, 0.3) is 10.8 Å². The number of carbonyl (C=O) groups is 1. The quantitative estimate of drug-likeness (QED) is 0.261. The molecule has 1 amide bonds. The first kappa shape index (κ1) is 24.0. The van der Waals surface area contributed by atoms with E-state index < -0.39 is 15.4 Å². The number of carbonyl (C=O) groups excluding carboxylic acids is 1. The molecule has 0 bridgehead atoms. The number of anilines is 3. The van der Waals surface area contributed by atoms with E-state index in [1.165, 1.54) is 0 Å². The summed E-state index contributed by atoms with van der Waals surface area (Å²) < 4.78 is 29.0. The SMILES string of the molecule is CN(C)c1cccc2c(S(=O)(=O)Nc3ccc(NC(=O)C(C)(C)CN=NN)cc3)cccc12. The zero-order valence-corrected chi connectivity index (χ0v) is 19.8. The van der Waals surface area contributed by atoms with Crippen molar-refractivity contribution in [2.24, 2.45) is 21.6 Å². The predicted molar refractivity (Wildman–Crippen MR) is 132 cm³/mol. The molecule has 33 heavy (non-hydrogen) atoms. The molecule has 0 aliphatic rings.